The van der Waals surface area contributed by atoms with Crippen LogP contribution in [-0.4, -0.2) is 48.4 Å². The van der Waals surface area contributed by atoms with Crippen molar-refractivity contribution in [1.29, 1.82) is 0 Å². The molecule has 1 fully saturated rings. The van der Waals surface area contributed by atoms with E-state index in [2.05, 4.69) is 5.32 Å². The smallest absolute Gasteiger partial charge is 0.265 e. The number of anilines is 2. The summed E-state index contributed by atoms with van der Waals surface area (Å²) < 4.78 is 6.03. The van der Waals surface area contributed by atoms with E-state index in [1.165, 1.54) is 11.3 Å². The molecule has 2 aromatic carbocycles. The number of para-hydroxylation sites is 2. The lowest BCUT2D eigenvalue weighted by Crippen LogP contribution is -2.52. The normalized spacial score (nSPS) is 17.5. The third kappa shape index (κ3) is 4.54. The maximum absolute atomic E-state index is 13.5. The van der Waals surface area contributed by atoms with Gasteiger partial charge in [-0.25, -0.2) is 0 Å². The second-order valence-corrected chi connectivity index (χ2v) is 9.33. The molecule has 2 aliphatic rings. The fraction of sp³-hybridized carbons (Fsp3) is 0.269. The van der Waals surface area contributed by atoms with Crippen molar-refractivity contribution in [3.8, 4) is 5.75 Å². The molecule has 0 spiro atoms. The minimum atomic E-state index is -0.735. The lowest BCUT2D eigenvalue weighted by atomic mass is 10.1. The van der Waals surface area contributed by atoms with E-state index < -0.39 is 6.10 Å². The SMILES string of the molecule is O=C(Nc1ccc(C(=O)N2CC(C(=O)N3CCCCC3)Oc3ccccc32)cc1)c1cccs1. The summed E-state index contributed by atoms with van der Waals surface area (Å²) in [4.78, 5) is 43.0. The molecular formula is C26H25N3O4S. The molecule has 1 unspecified atom stereocenters. The van der Waals surface area contributed by atoms with E-state index in [0.29, 0.717) is 27.6 Å². The van der Waals surface area contributed by atoms with Gasteiger partial charge in [0.25, 0.3) is 17.7 Å². The summed E-state index contributed by atoms with van der Waals surface area (Å²) in [6.45, 7) is 1.61. The van der Waals surface area contributed by atoms with Crippen molar-refractivity contribution in [3.63, 3.8) is 0 Å². The fourth-order valence-electron chi connectivity index (χ4n) is 4.33. The Labute approximate surface area is 201 Å². The highest BCUT2D eigenvalue weighted by Crippen LogP contribution is 2.35. The van der Waals surface area contributed by atoms with E-state index in [-0.39, 0.29) is 24.3 Å². The Morgan fingerprint density at radius 3 is 2.41 bits per heavy atom. The zero-order chi connectivity index (χ0) is 23.5. The summed E-state index contributed by atoms with van der Waals surface area (Å²) in [5.74, 6) is 0.0505. The standard InChI is InChI=1S/C26H25N3O4S/c30-24(23-9-6-16-34-23)27-19-12-10-18(11-13-19)25(31)29-17-22(26(32)28-14-4-1-5-15-28)33-21-8-3-2-7-20(21)29/h2-3,6-13,16,22H,1,4-5,14-15,17H2,(H,27,30). The Morgan fingerprint density at radius 2 is 1.68 bits per heavy atom. The van der Waals surface area contributed by atoms with Gasteiger partial charge in [0, 0.05) is 24.3 Å². The van der Waals surface area contributed by atoms with Gasteiger partial charge in [-0.3, -0.25) is 14.4 Å². The van der Waals surface area contributed by atoms with Gasteiger partial charge in [-0.1, -0.05) is 18.2 Å². The summed E-state index contributed by atoms with van der Waals surface area (Å²) in [7, 11) is 0. The van der Waals surface area contributed by atoms with Crippen molar-refractivity contribution >= 4 is 40.4 Å². The average molecular weight is 476 g/mol. The van der Waals surface area contributed by atoms with Gasteiger partial charge in [-0.2, -0.15) is 0 Å². The lowest BCUT2D eigenvalue weighted by molar-refractivity contribution is -0.139. The van der Waals surface area contributed by atoms with Gasteiger partial charge in [0.1, 0.15) is 5.75 Å². The largest absolute Gasteiger partial charge is 0.476 e. The highest BCUT2D eigenvalue weighted by Gasteiger charge is 2.36. The number of rotatable bonds is 4. The van der Waals surface area contributed by atoms with Crippen molar-refractivity contribution in [3.05, 3.63) is 76.5 Å². The molecule has 1 N–H and O–H groups in total. The van der Waals surface area contributed by atoms with Crippen LogP contribution in [0.4, 0.5) is 11.4 Å². The molecule has 0 bridgehead atoms. The van der Waals surface area contributed by atoms with Crippen LogP contribution in [0.1, 0.15) is 39.3 Å². The zero-order valence-electron chi connectivity index (χ0n) is 18.6. The first-order chi connectivity index (χ1) is 16.6. The number of hydrogen-bond donors (Lipinski definition) is 1. The monoisotopic (exact) mass is 475 g/mol. The van der Waals surface area contributed by atoms with Crippen molar-refractivity contribution in [2.24, 2.45) is 0 Å². The van der Waals surface area contributed by atoms with Gasteiger partial charge < -0.3 is 19.9 Å². The number of nitrogens with zero attached hydrogens (tertiary/aromatic N) is 2. The topological polar surface area (TPSA) is 79.0 Å². The van der Waals surface area contributed by atoms with Gasteiger partial charge in [0.05, 0.1) is 17.1 Å². The average Bonchev–Trinajstić information content (AvgIpc) is 3.43. The maximum atomic E-state index is 13.5. The number of likely N-dealkylation sites (tertiary alicyclic amines) is 1. The van der Waals surface area contributed by atoms with E-state index in [1.807, 2.05) is 34.5 Å². The summed E-state index contributed by atoms with van der Waals surface area (Å²) in [6.07, 6.45) is 2.38. The van der Waals surface area contributed by atoms with Crippen LogP contribution in [0, 0.1) is 0 Å². The van der Waals surface area contributed by atoms with Gasteiger partial charge in [0.2, 0.25) is 0 Å². The molecule has 174 valence electrons. The van der Waals surface area contributed by atoms with Crippen LogP contribution in [-0.2, 0) is 4.79 Å². The van der Waals surface area contributed by atoms with Gasteiger partial charge in [-0.05, 0) is 67.1 Å². The first-order valence-electron chi connectivity index (χ1n) is 11.4. The summed E-state index contributed by atoms with van der Waals surface area (Å²) >= 11 is 1.37. The Morgan fingerprint density at radius 1 is 0.912 bits per heavy atom. The van der Waals surface area contributed by atoms with Crippen LogP contribution in [0.25, 0.3) is 0 Å². The molecule has 5 rings (SSSR count). The molecule has 1 aromatic heterocycles. The predicted molar refractivity (Wildman–Crippen MR) is 132 cm³/mol. The van der Waals surface area contributed by atoms with Crippen LogP contribution in [0.15, 0.2) is 66.0 Å². The first kappa shape index (κ1) is 22.2. The van der Waals surface area contributed by atoms with Gasteiger partial charge >= 0.3 is 0 Å². The van der Waals surface area contributed by atoms with Crippen molar-refractivity contribution in [2.75, 3.05) is 29.9 Å². The summed E-state index contributed by atoms with van der Waals surface area (Å²) in [5.41, 5.74) is 1.72. The Balaban J connectivity index is 1.34. The number of benzene rings is 2. The van der Waals surface area contributed by atoms with E-state index in [1.54, 1.807) is 41.3 Å². The summed E-state index contributed by atoms with van der Waals surface area (Å²) in [6, 6.07) is 17.7. The molecule has 1 saturated heterocycles. The van der Waals surface area contributed by atoms with E-state index >= 15 is 0 Å². The zero-order valence-corrected chi connectivity index (χ0v) is 19.4. The molecule has 3 heterocycles. The molecule has 0 radical (unpaired) electrons. The number of amides is 3. The second-order valence-electron chi connectivity index (χ2n) is 8.38. The van der Waals surface area contributed by atoms with Crippen molar-refractivity contribution < 1.29 is 19.1 Å². The van der Waals surface area contributed by atoms with E-state index in [9.17, 15) is 14.4 Å². The minimum absolute atomic E-state index is 0.0707. The van der Waals surface area contributed by atoms with Crippen LogP contribution in [0.3, 0.4) is 0 Å². The summed E-state index contributed by atoms with van der Waals surface area (Å²) in [5, 5.41) is 4.69. The van der Waals surface area contributed by atoms with Crippen molar-refractivity contribution in [1.82, 2.24) is 4.90 Å². The number of piperidine rings is 1. The number of carbonyl (C=O) groups is 3. The van der Waals surface area contributed by atoms with Crippen LogP contribution < -0.4 is 15.0 Å². The molecule has 8 heteroatoms. The number of ether oxygens (including phenoxy) is 1. The van der Waals surface area contributed by atoms with Crippen LogP contribution >= 0.6 is 11.3 Å². The number of carbonyl (C=O) groups excluding carboxylic acids is 3. The number of thiophene rings is 1. The fourth-order valence-corrected chi connectivity index (χ4v) is 4.94. The highest BCUT2D eigenvalue weighted by atomic mass is 32.1. The third-order valence-electron chi connectivity index (χ3n) is 6.10. The molecule has 0 saturated carbocycles. The Bertz CT molecular complexity index is 1190. The third-order valence-corrected chi connectivity index (χ3v) is 6.97. The van der Waals surface area contributed by atoms with E-state index in [4.69, 9.17) is 4.74 Å². The quantitative estimate of drug-likeness (QED) is 0.606. The van der Waals surface area contributed by atoms with Crippen molar-refractivity contribution in [2.45, 2.75) is 25.4 Å². The molecule has 7 nitrogen and oxygen atoms in total. The molecule has 2 aliphatic heterocycles. The molecule has 34 heavy (non-hydrogen) atoms. The highest BCUT2D eigenvalue weighted by molar-refractivity contribution is 7.12. The minimum Gasteiger partial charge on any atom is -0.476 e. The number of fused-ring (bicyclic) bond motifs is 1. The van der Waals surface area contributed by atoms with Gasteiger partial charge in [-0.15, -0.1) is 11.3 Å². The second kappa shape index (κ2) is 9.69. The maximum Gasteiger partial charge on any atom is 0.265 e. The molecule has 0 aliphatic carbocycles. The molecule has 1 atom stereocenters. The number of nitrogens with one attached hydrogen (secondary N) is 1. The van der Waals surface area contributed by atoms with E-state index in [0.717, 1.165) is 32.4 Å². The van der Waals surface area contributed by atoms with Crippen LogP contribution in [0.5, 0.6) is 5.75 Å². The lowest BCUT2D eigenvalue weighted by Gasteiger charge is -2.37. The van der Waals surface area contributed by atoms with Crippen LogP contribution in [0.2, 0.25) is 0 Å². The molecule has 3 amide bonds. The Hall–Kier alpha value is -3.65. The predicted octanol–water partition coefficient (Wildman–Crippen LogP) is 4.42. The first-order valence-corrected chi connectivity index (χ1v) is 12.3. The molecular weight excluding hydrogens is 450 g/mol. The Kier molecular flexibility index (Phi) is 6.31. The molecule has 3 aromatic rings. The number of hydrogen-bond acceptors (Lipinski definition) is 5. The van der Waals surface area contributed by atoms with Gasteiger partial charge in [0.15, 0.2) is 6.10 Å².